The second-order valence-electron chi connectivity index (χ2n) is 10.4. The first-order valence-electron chi connectivity index (χ1n) is 13.5. The number of hydrogen-bond donors (Lipinski definition) is 1. The van der Waals surface area contributed by atoms with Gasteiger partial charge in [0.2, 0.25) is 5.95 Å². The summed E-state index contributed by atoms with van der Waals surface area (Å²) in [7, 11) is 2.16. The third-order valence-corrected chi connectivity index (χ3v) is 7.97. The van der Waals surface area contributed by atoms with Gasteiger partial charge in [0.05, 0.1) is 12.2 Å². The van der Waals surface area contributed by atoms with E-state index < -0.39 is 0 Å². The van der Waals surface area contributed by atoms with Crippen molar-refractivity contribution in [3.8, 4) is 5.75 Å². The molecule has 0 atom stereocenters. The van der Waals surface area contributed by atoms with Crippen molar-refractivity contribution in [1.82, 2.24) is 19.8 Å². The Hall–Kier alpha value is -3.85. The van der Waals surface area contributed by atoms with E-state index in [1.54, 1.807) is 6.08 Å². The number of anilines is 3. The lowest BCUT2D eigenvalue weighted by Crippen LogP contribution is -2.47. The first kappa shape index (κ1) is 24.5. The molecule has 3 aliphatic heterocycles. The summed E-state index contributed by atoms with van der Waals surface area (Å²) in [6.45, 7) is 8.78. The highest BCUT2D eigenvalue weighted by Crippen LogP contribution is 2.36. The number of hydrogen-bond acceptors (Lipinski definition) is 9. The number of likely N-dealkylation sites (N-methyl/N-ethyl adjacent to an activating group) is 1. The molecule has 9 heteroatoms. The zero-order valence-corrected chi connectivity index (χ0v) is 22.0. The molecule has 0 unspecified atom stereocenters. The van der Waals surface area contributed by atoms with Gasteiger partial charge in [-0.3, -0.25) is 4.79 Å². The Bertz CT molecular complexity index is 1340. The van der Waals surface area contributed by atoms with Gasteiger partial charge in [-0.2, -0.15) is 4.98 Å². The fraction of sp³-hybridized carbons (Fsp3) is 0.414. The molecule has 0 saturated carbocycles. The van der Waals surface area contributed by atoms with Gasteiger partial charge in [-0.25, -0.2) is 4.98 Å². The Morgan fingerprint density at radius 2 is 1.63 bits per heavy atom. The SMILES string of the molecule is CN1CCN(c2nc3c(c(N4CCN(C=CC=O)CC4)n2)CCN(c2cc(O)cc4ccccc24)C3)CC1. The van der Waals surface area contributed by atoms with Gasteiger partial charge in [0.15, 0.2) is 0 Å². The Balaban J connectivity index is 1.34. The predicted molar refractivity (Wildman–Crippen MR) is 151 cm³/mol. The van der Waals surface area contributed by atoms with Crippen LogP contribution in [0.15, 0.2) is 48.7 Å². The largest absolute Gasteiger partial charge is 0.508 e. The number of allylic oxidation sites excluding steroid dienone is 1. The van der Waals surface area contributed by atoms with E-state index >= 15 is 0 Å². The van der Waals surface area contributed by atoms with Crippen LogP contribution in [0.25, 0.3) is 10.8 Å². The third kappa shape index (κ3) is 4.86. The topological polar surface area (TPSA) is 79.3 Å². The monoisotopic (exact) mass is 513 g/mol. The molecule has 198 valence electrons. The summed E-state index contributed by atoms with van der Waals surface area (Å²) in [5, 5.41) is 12.6. The molecule has 0 aliphatic carbocycles. The van der Waals surface area contributed by atoms with Gasteiger partial charge in [-0.15, -0.1) is 0 Å². The maximum absolute atomic E-state index is 10.8. The molecule has 38 heavy (non-hydrogen) atoms. The van der Waals surface area contributed by atoms with Crippen LogP contribution in [0.3, 0.4) is 0 Å². The van der Waals surface area contributed by atoms with Crippen LogP contribution in [0.2, 0.25) is 0 Å². The maximum atomic E-state index is 10.8. The zero-order chi connectivity index (χ0) is 26.1. The molecule has 4 heterocycles. The number of benzene rings is 2. The molecular formula is C29H35N7O2. The van der Waals surface area contributed by atoms with Crippen LogP contribution < -0.4 is 14.7 Å². The van der Waals surface area contributed by atoms with E-state index in [9.17, 15) is 9.90 Å². The Morgan fingerprint density at radius 1 is 0.868 bits per heavy atom. The highest BCUT2D eigenvalue weighted by Gasteiger charge is 2.29. The molecule has 9 nitrogen and oxygen atoms in total. The summed E-state index contributed by atoms with van der Waals surface area (Å²) in [4.78, 5) is 32.7. The highest BCUT2D eigenvalue weighted by atomic mass is 16.3. The molecule has 1 aromatic heterocycles. The van der Waals surface area contributed by atoms with Crippen molar-refractivity contribution in [2.75, 3.05) is 80.7 Å². The first-order valence-corrected chi connectivity index (χ1v) is 13.5. The van der Waals surface area contributed by atoms with Crippen molar-refractivity contribution in [3.63, 3.8) is 0 Å². The lowest BCUT2D eigenvalue weighted by molar-refractivity contribution is -0.104. The number of fused-ring (bicyclic) bond motifs is 2. The molecule has 3 aliphatic rings. The van der Waals surface area contributed by atoms with Crippen LogP contribution in [0, 0.1) is 0 Å². The predicted octanol–water partition coefficient (Wildman–Crippen LogP) is 2.48. The first-order chi connectivity index (χ1) is 18.6. The normalized spacial score (nSPS) is 18.9. The number of rotatable bonds is 5. The molecule has 6 rings (SSSR count). The van der Waals surface area contributed by atoms with Crippen LogP contribution in [0.5, 0.6) is 5.75 Å². The van der Waals surface area contributed by atoms with E-state index in [2.05, 4.69) is 43.7 Å². The molecule has 0 amide bonds. The van der Waals surface area contributed by atoms with Crippen molar-refractivity contribution in [3.05, 3.63) is 59.9 Å². The fourth-order valence-corrected chi connectivity index (χ4v) is 5.79. The quantitative estimate of drug-likeness (QED) is 0.409. The van der Waals surface area contributed by atoms with E-state index in [1.165, 1.54) is 5.56 Å². The van der Waals surface area contributed by atoms with Gasteiger partial charge in [0.25, 0.3) is 0 Å². The van der Waals surface area contributed by atoms with Crippen LogP contribution in [0.1, 0.15) is 11.3 Å². The Kier molecular flexibility index (Phi) is 6.76. The molecule has 2 aromatic carbocycles. The van der Waals surface area contributed by atoms with Crippen LogP contribution >= 0.6 is 0 Å². The van der Waals surface area contributed by atoms with E-state index in [4.69, 9.17) is 9.97 Å². The average Bonchev–Trinajstić information content (AvgIpc) is 2.95. The van der Waals surface area contributed by atoms with Crippen molar-refractivity contribution < 1.29 is 9.90 Å². The second kappa shape index (κ2) is 10.5. The fourth-order valence-electron chi connectivity index (χ4n) is 5.79. The van der Waals surface area contributed by atoms with Crippen molar-refractivity contribution in [2.24, 2.45) is 0 Å². The van der Waals surface area contributed by atoms with E-state index in [0.29, 0.717) is 6.54 Å². The maximum Gasteiger partial charge on any atom is 0.227 e. The van der Waals surface area contributed by atoms with Crippen LogP contribution in [0.4, 0.5) is 17.5 Å². The molecule has 0 radical (unpaired) electrons. The van der Waals surface area contributed by atoms with E-state index in [0.717, 1.165) is 106 Å². The van der Waals surface area contributed by atoms with Gasteiger partial charge in [-0.05, 0) is 31.0 Å². The number of nitrogens with zero attached hydrogens (tertiary/aromatic N) is 7. The van der Waals surface area contributed by atoms with Gasteiger partial charge < -0.3 is 29.6 Å². The van der Waals surface area contributed by atoms with Crippen LogP contribution in [-0.4, -0.2) is 97.1 Å². The van der Waals surface area contributed by atoms with Crippen molar-refractivity contribution in [1.29, 1.82) is 0 Å². The zero-order valence-electron chi connectivity index (χ0n) is 22.0. The molecule has 2 fully saturated rings. The molecule has 0 spiro atoms. The number of aromatic hydroxyl groups is 1. The Morgan fingerprint density at radius 3 is 2.42 bits per heavy atom. The average molecular weight is 514 g/mol. The summed E-state index contributed by atoms with van der Waals surface area (Å²) >= 11 is 0. The minimum Gasteiger partial charge on any atom is -0.508 e. The number of aromatic nitrogens is 2. The Labute approximate surface area is 223 Å². The van der Waals surface area contributed by atoms with Crippen LogP contribution in [-0.2, 0) is 17.8 Å². The van der Waals surface area contributed by atoms with Crippen molar-refractivity contribution in [2.45, 2.75) is 13.0 Å². The summed E-state index contributed by atoms with van der Waals surface area (Å²) in [6.07, 6.45) is 5.13. The number of phenols is 1. The summed E-state index contributed by atoms with van der Waals surface area (Å²) < 4.78 is 0. The molecule has 2 saturated heterocycles. The number of piperazine rings is 2. The lowest BCUT2D eigenvalue weighted by atomic mass is 10.0. The minimum absolute atomic E-state index is 0.285. The summed E-state index contributed by atoms with van der Waals surface area (Å²) in [5.74, 6) is 2.16. The highest BCUT2D eigenvalue weighted by molar-refractivity contribution is 5.95. The third-order valence-electron chi connectivity index (χ3n) is 7.97. The van der Waals surface area contributed by atoms with E-state index in [1.807, 2.05) is 30.5 Å². The van der Waals surface area contributed by atoms with E-state index in [-0.39, 0.29) is 5.75 Å². The van der Waals surface area contributed by atoms with Crippen molar-refractivity contribution >= 4 is 34.5 Å². The van der Waals surface area contributed by atoms with Gasteiger partial charge in [-0.1, -0.05) is 24.3 Å². The lowest BCUT2D eigenvalue weighted by Gasteiger charge is -2.39. The smallest absolute Gasteiger partial charge is 0.227 e. The number of carbonyl (C=O) groups excluding carboxylic acids is 1. The standard InChI is InChI=1S/C29H35N7O2/c1-32-10-14-35(15-11-32)29-30-26-21-36(27-20-23(38)19-22-5-2-3-6-24(22)27)9-7-25(26)28(31-29)34-16-12-33(13-17-34)8-4-18-37/h2-6,8,18-20,38H,7,9-17,21H2,1H3. The minimum atomic E-state index is 0.285. The second-order valence-corrected chi connectivity index (χ2v) is 10.4. The molecule has 0 bridgehead atoms. The molecule has 1 N–H and O–H groups in total. The molecule has 3 aromatic rings. The van der Waals surface area contributed by atoms with Gasteiger partial charge >= 0.3 is 0 Å². The number of aldehydes is 1. The molecular weight excluding hydrogens is 478 g/mol. The van der Waals surface area contributed by atoms with Gasteiger partial charge in [0.1, 0.15) is 17.9 Å². The number of phenolic OH excluding ortho intramolecular Hbond substituents is 1. The summed E-state index contributed by atoms with van der Waals surface area (Å²) in [5.41, 5.74) is 3.36. The number of carbonyl (C=O) groups is 1. The summed E-state index contributed by atoms with van der Waals surface area (Å²) in [6, 6.07) is 11.9. The van der Waals surface area contributed by atoms with Gasteiger partial charge in [0, 0.05) is 87.8 Å².